The molecule has 1 N–H and O–H groups in total. The van der Waals surface area contributed by atoms with Crippen LogP contribution in [0.4, 0.5) is 0 Å². The zero-order valence-corrected chi connectivity index (χ0v) is 8.85. The van der Waals surface area contributed by atoms with Crippen LogP contribution in [-0.4, -0.2) is 9.97 Å². The van der Waals surface area contributed by atoms with Gasteiger partial charge in [0.25, 0.3) is 0 Å². The first-order valence-electron chi connectivity index (χ1n) is 2.83. The number of nitrogens with one attached hydrogen (secondary N) is 1. The van der Waals surface area contributed by atoms with Gasteiger partial charge in [-0.3, -0.25) is 3.53 Å². The number of rotatable bonds is 1. The summed E-state index contributed by atoms with van der Waals surface area (Å²) in [5.41, 5.74) is 0. The highest BCUT2D eigenvalue weighted by atomic mass is 127. The molecule has 0 aromatic carbocycles. The summed E-state index contributed by atoms with van der Waals surface area (Å²) in [6.45, 7) is 0. The van der Waals surface area contributed by atoms with Gasteiger partial charge in [-0.2, -0.15) is 0 Å². The average Bonchev–Trinajstić information content (AvgIpc) is 2.14. The third-order valence-electron chi connectivity index (χ3n) is 1.52. The molecule has 1 rings (SSSR count). The van der Waals surface area contributed by atoms with Crippen molar-refractivity contribution in [2.75, 3.05) is 0 Å². The van der Waals surface area contributed by atoms with Crippen LogP contribution in [-0.2, 0) is 0 Å². The minimum atomic E-state index is 0.803. The van der Waals surface area contributed by atoms with Gasteiger partial charge in [0.2, 0.25) is 0 Å². The van der Waals surface area contributed by atoms with Gasteiger partial charge in [0.05, 0.1) is 0 Å². The van der Waals surface area contributed by atoms with Gasteiger partial charge in [0.15, 0.2) is 0 Å². The Hall–Kier alpha value is 1.42. The van der Waals surface area contributed by atoms with Crippen LogP contribution in [0.2, 0.25) is 0 Å². The Kier molecular flexibility index (Phi) is 3.34. The van der Waals surface area contributed by atoms with E-state index >= 15 is 0 Å². The fourth-order valence-electron chi connectivity index (χ4n) is 1.03. The number of hydrogen-bond donors (Lipinski definition) is 1. The van der Waals surface area contributed by atoms with Crippen LogP contribution in [0, 0.1) is 0 Å². The second-order valence-electron chi connectivity index (χ2n) is 2.22. The molecule has 0 heterocycles. The molecule has 0 spiro atoms. The van der Waals surface area contributed by atoms with E-state index in [1.807, 2.05) is 0 Å². The smallest absolute Gasteiger partial charge is 0.0173 e. The van der Waals surface area contributed by atoms with Crippen molar-refractivity contribution >= 4 is 45.5 Å². The van der Waals surface area contributed by atoms with E-state index < -0.39 is 0 Å². The second kappa shape index (κ2) is 3.55. The van der Waals surface area contributed by atoms with Gasteiger partial charge in [-0.25, -0.2) is 0 Å². The molecule has 0 bridgehead atoms. The quantitative estimate of drug-likeness (QED) is 0.440. The predicted octanol–water partition coefficient (Wildman–Crippen LogP) is 2.28. The molecule has 0 saturated heterocycles. The van der Waals surface area contributed by atoms with Gasteiger partial charge in [-0.15, -0.1) is 0 Å². The number of hydrogen-bond acceptors (Lipinski definition) is 1. The maximum absolute atomic E-state index is 3.26. The Morgan fingerprint density at radius 2 is 2.12 bits per heavy atom. The van der Waals surface area contributed by atoms with E-state index in [0.29, 0.717) is 0 Å². The monoisotopic (exact) mass is 337 g/mol. The molecule has 0 aromatic heterocycles. The summed E-state index contributed by atoms with van der Waals surface area (Å²) in [6.07, 6.45) is 4.14. The summed E-state index contributed by atoms with van der Waals surface area (Å²) in [7, 11) is 0. The minimum Gasteiger partial charge on any atom is -0.258 e. The van der Waals surface area contributed by atoms with Crippen LogP contribution in [0.25, 0.3) is 0 Å². The van der Waals surface area contributed by atoms with E-state index in [0.717, 1.165) is 9.97 Å². The molecule has 0 aromatic rings. The van der Waals surface area contributed by atoms with Crippen molar-refractivity contribution in [1.29, 1.82) is 0 Å². The lowest BCUT2D eigenvalue weighted by Crippen LogP contribution is -2.15. The lowest BCUT2D eigenvalue weighted by molar-refractivity contribution is 0.677. The van der Waals surface area contributed by atoms with Crippen LogP contribution in [0.5, 0.6) is 0 Å². The normalized spacial score (nSPS) is 38.2. The van der Waals surface area contributed by atoms with Crippen molar-refractivity contribution < 1.29 is 0 Å². The Balaban J connectivity index is 2.22. The van der Waals surface area contributed by atoms with Crippen molar-refractivity contribution in [2.45, 2.75) is 29.2 Å². The predicted molar refractivity (Wildman–Crippen MR) is 52.6 cm³/mol. The molecule has 1 nitrogen and oxygen atoms in total. The average molecular weight is 337 g/mol. The van der Waals surface area contributed by atoms with Gasteiger partial charge in [-0.1, -0.05) is 22.6 Å². The molecule has 1 aliphatic carbocycles. The Morgan fingerprint density at radius 1 is 1.38 bits per heavy atom. The molecule has 1 saturated carbocycles. The summed E-state index contributed by atoms with van der Waals surface area (Å²) in [5.74, 6) is 0. The topological polar surface area (TPSA) is 12.0 Å². The summed E-state index contributed by atoms with van der Waals surface area (Å²) in [6, 6.07) is 0.803. The second-order valence-corrected chi connectivity index (χ2v) is 4.60. The van der Waals surface area contributed by atoms with Crippen LogP contribution in [0.15, 0.2) is 0 Å². The highest BCUT2D eigenvalue weighted by molar-refractivity contribution is 14.1. The first-order valence-corrected chi connectivity index (χ1v) is 5.15. The largest absolute Gasteiger partial charge is 0.258 e. The van der Waals surface area contributed by atoms with E-state index in [4.69, 9.17) is 0 Å². The van der Waals surface area contributed by atoms with Crippen molar-refractivity contribution in [3.05, 3.63) is 0 Å². The molecule has 8 heavy (non-hydrogen) atoms. The first-order chi connectivity index (χ1) is 3.83. The van der Waals surface area contributed by atoms with Crippen molar-refractivity contribution in [1.82, 2.24) is 3.53 Å². The zero-order valence-electron chi connectivity index (χ0n) is 4.53. The summed E-state index contributed by atoms with van der Waals surface area (Å²) in [4.78, 5) is 0. The fourth-order valence-corrected chi connectivity index (χ4v) is 2.56. The van der Waals surface area contributed by atoms with Gasteiger partial charge in [0, 0.05) is 32.8 Å². The first kappa shape index (κ1) is 7.53. The molecular formula is C5H9I2N. The molecule has 2 atom stereocenters. The SMILES string of the molecule is IN[C@H]1CCC(I)C1. The number of halogens is 2. The Morgan fingerprint density at radius 3 is 2.38 bits per heavy atom. The van der Waals surface area contributed by atoms with Crippen LogP contribution >= 0.6 is 45.5 Å². The van der Waals surface area contributed by atoms with Crippen molar-refractivity contribution in [2.24, 2.45) is 0 Å². The molecule has 1 unspecified atom stereocenters. The molecule has 0 aliphatic heterocycles. The van der Waals surface area contributed by atoms with Crippen LogP contribution < -0.4 is 3.53 Å². The Bertz CT molecular complexity index is 76.8. The lowest BCUT2D eigenvalue weighted by Gasteiger charge is -2.02. The summed E-state index contributed by atoms with van der Waals surface area (Å²) in [5, 5.41) is 0. The lowest BCUT2D eigenvalue weighted by atomic mass is 10.3. The highest BCUT2D eigenvalue weighted by Crippen LogP contribution is 2.26. The van der Waals surface area contributed by atoms with Crippen molar-refractivity contribution in [3.63, 3.8) is 0 Å². The Labute approximate surface area is 77.6 Å². The van der Waals surface area contributed by atoms with Crippen LogP contribution in [0.3, 0.4) is 0 Å². The van der Waals surface area contributed by atoms with E-state index in [1.54, 1.807) is 0 Å². The third-order valence-corrected chi connectivity index (χ3v) is 3.54. The van der Waals surface area contributed by atoms with E-state index in [1.165, 1.54) is 19.3 Å². The maximum atomic E-state index is 3.26. The zero-order chi connectivity index (χ0) is 5.98. The van der Waals surface area contributed by atoms with Crippen molar-refractivity contribution in [3.8, 4) is 0 Å². The molecule has 0 radical (unpaired) electrons. The highest BCUT2D eigenvalue weighted by Gasteiger charge is 2.20. The molecular weight excluding hydrogens is 328 g/mol. The molecule has 0 amide bonds. The van der Waals surface area contributed by atoms with Gasteiger partial charge in [-0.05, 0) is 19.3 Å². The van der Waals surface area contributed by atoms with Gasteiger partial charge >= 0.3 is 0 Å². The molecule has 1 aliphatic rings. The fraction of sp³-hybridized carbons (Fsp3) is 1.00. The maximum Gasteiger partial charge on any atom is 0.0173 e. The van der Waals surface area contributed by atoms with E-state index in [2.05, 4.69) is 49.0 Å². The molecule has 48 valence electrons. The molecule has 1 fully saturated rings. The summed E-state index contributed by atoms with van der Waals surface area (Å²) < 4.78 is 4.19. The third kappa shape index (κ3) is 1.98. The molecule has 3 heteroatoms. The van der Waals surface area contributed by atoms with Gasteiger partial charge in [0.1, 0.15) is 0 Å². The van der Waals surface area contributed by atoms with E-state index in [-0.39, 0.29) is 0 Å². The minimum absolute atomic E-state index is 0.803. The van der Waals surface area contributed by atoms with Crippen LogP contribution in [0.1, 0.15) is 19.3 Å². The number of alkyl halides is 1. The van der Waals surface area contributed by atoms with Gasteiger partial charge < -0.3 is 0 Å². The standard InChI is InChI=1S/C5H9I2N/c6-4-1-2-5(3-4)8-7/h4-5,8H,1-3H2/t4?,5-/m0/s1. The summed E-state index contributed by atoms with van der Waals surface area (Å²) >= 11 is 4.77. The van der Waals surface area contributed by atoms with E-state index in [9.17, 15) is 0 Å².